The van der Waals surface area contributed by atoms with Crippen molar-refractivity contribution in [1.29, 1.82) is 0 Å². The van der Waals surface area contributed by atoms with E-state index in [0.717, 1.165) is 20.1 Å². The van der Waals surface area contributed by atoms with Gasteiger partial charge < -0.3 is 15.5 Å². The van der Waals surface area contributed by atoms with Crippen LogP contribution < -0.4 is 10.5 Å². The molecule has 0 radical (unpaired) electrons. The molecule has 19 heavy (non-hydrogen) atoms. The second kappa shape index (κ2) is 4.94. The van der Waals surface area contributed by atoms with Crippen LogP contribution in [0.1, 0.15) is 0 Å². The first-order valence-electron chi connectivity index (χ1n) is 5.39. The van der Waals surface area contributed by atoms with E-state index < -0.39 is 6.09 Å². The molecule has 3 N–H and O–H groups in total. The molecule has 0 atom stereocenters. The molecule has 0 saturated carbocycles. The van der Waals surface area contributed by atoms with Gasteiger partial charge in [0.1, 0.15) is 5.03 Å². The summed E-state index contributed by atoms with van der Waals surface area (Å²) in [5.74, 6) is 0.366. The van der Waals surface area contributed by atoms with E-state index in [1.807, 2.05) is 29.6 Å². The number of fused-ring (bicyclic) bond motifs is 1. The van der Waals surface area contributed by atoms with E-state index in [0.29, 0.717) is 5.88 Å². The Balaban J connectivity index is 2.04. The summed E-state index contributed by atoms with van der Waals surface area (Å²) in [4.78, 5) is 19.0. The van der Waals surface area contributed by atoms with Crippen LogP contribution in [-0.4, -0.2) is 16.1 Å². The van der Waals surface area contributed by atoms with E-state index >= 15 is 0 Å². The standard InChI is InChI=1S/C12H9N3O2S2/c13-12(16)17-11-10(9-7(15-11)4-6-18-9)19-8-3-1-2-5-14-8/h1-6,15H,(H2,13,16). The molecule has 0 aliphatic rings. The minimum atomic E-state index is -0.836. The van der Waals surface area contributed by atoms with Crippen LogP contribution >= 0.6 is 23.1 Å². The fourth-order valence-corrected chi connectivity index (χ4v) is 3.56. The molecule has 3 aromatic rings. The zero-order valence-corrected chi connectivity index (χ0v) is 11.3. The van der Waals surface area contributed by atoms with Crippen molar-refractivity contribution >= 4 is 39.4 Å². The molecule has 0 aromatic carbocycles. The van der Waals surface area contributed by atoms with Crippen molar-refractivity contribution in [3.63, 3.8) is 0 Å². The van der Waals surface area contributed by atoms with Gasteiger partial charge in [0.15, 0.2) is 0 Å². The van der Waals surface area contributed by atoms with Crippen LogP contribution in [-0.2, 0) is 0 Å². The number of carbonyl (C=O) groups is 1. The molecule has 5 nitrogen and oxygen atoms in total. The molecule has 0 unspecified atom stereocenters. The Morgan fingerprint density at radius 3 is 3.05 bits per heavy atom. The van der Waals surface area contributed by atoms with Gasteiger partial charge in [0.25, 0.3) is 0 Å². The van der Waals surface area contributed by atoms with Crippen LogP contribution in [0.2, 0.25) is 0 Å². The number of rotatable bonds is 3. The molecule has 0 saturated heterocycles. The predicted octanol–water partition coefficient (Wildman–Crippen LogP) is 3.23. The molecule has 1 amide bonds. The third kappa shape index (κ3) is 2.42. The predicted molar refractivity (Wildman–Crippen MR) is 74.7 cm³/mol. The van der Waals surface area contributed by atoms with Gasteiger partial charge in [-0.2, -0.15) is 0 Å². The van der Waals surface area contributed by atoms with E-state index in [9.17, 15) is 4.79 Å². The molecule has 0 spiro atoms. The number of aromatic nitrogens is 2. The number of ether oxygens (including phenoxy) is 1. The Bertz CT molecular complexity index is 721. The summed E-state index contributed by atoms with van der Waals surface area (Å²) in [7, 11) is 0. The van der Waals surface area contributed by atoms with Crippen molar-refractivity contribution in [2.45, 2.75) is 9.92 Å². The Morgan fingerprint density at radius 1 is 1.42 bits per heavy atom. The minimum absolute atomic E-state index is 0.366. The Morgan fingerprint density at radius 2 is 2.32 bits per heavy atom. The lowest BCUT2D eigenvalue weighted by Crippen LogP contribution is -2.16. The molecule has 7 heteroatoms. The van der Waals surface area contributed by atoms with Crippen LogP contribution in [0.15, 0.2) is 45.8 Å². The highest BCUT2D eigenvalue weighted by molar-refractivity contribution is 7.99. The molecule has 3 rings (SSSR count). The number of aromatic amines is 1. The first kappa shape index (κ1) is 12.1. The quantitative estimate of drug-likeness (QED) is 0.776. The van der Waals surface area contributed by atoms with Gasteiger partial charge in [-0.15, -0.1) is 11.3 Å². The van der Waals surface area contributed by atoms with E-state index in [4.69, 9.17) is 10.5 Å². The molecule has 0 fully saturated rings. The Kier molecular flexibility index (Phi) is 3.14. The number of nitrogens with zero attached hydrogens (tertiary/aromatic N) is 1. The summed E-state index contributed by atoms with van der Waals surface area (Å²) < 4.78 is 6.02. The molecule has 0 aliphatic heterocycles. The fourth-order valence-electron chi connectivity index (χ4n) is 1.64. The number of carbonyl (C=O) groups excluding carboxylic acids is 1. The fraction of sp³-hybridized carbons (Fsp3) is 0. The summed E-state index contributed by atoms with van der Waals surface area (Å²) in [6.45, 7) is 0. The van der Waals surface area contributed by atoms with E-state index in [-0.39, 0.29) is 0 Å². The second-order valence-corrected chi connectivity index (χ2v) is 5.58. The van der Waals surface area contributed by atoms with Crippen LogP contribution in [0.4, 0.5) is 4.79 Å². The third-order valence-electron chi connectivity index (χ3n) is 2.37. The highest BCUT2D eigenvalue weighted by Gasteiger charge is 2.17. The molecular weight excluding hydrogens is 282 g/mol. The van der Waals surface area contributed by atoms with Gasteiger partial charge in [0, 0.05) is 6.20 Å². The van der Waals surface area contributed by atoms with Crippen molar-refractivity contribution < 1.29 is 9.53 Å². The van der Waals surface area contributed by atoms with Gasteiger partial charge in [0.2, 0.25) is 5.88 Å². The average Bonchev–Trinajstić information content (AvgIpc) is 2.94. The van der Waals surface area contributed by atoms with E-state index in [1.54, 1.807) is 17.5 Å². The van der Waals surface area contributed by atoms with Gasteiger partial charge >= 0.3 is 6.09 Å². The zero-order valence-electron chi connectivity index (χ0n) is 9.62. The number of hydrogen-bond donors (Lipinski definition) is 2. The molecule has 0 aliphatic carbocycles. The molecule has 3 aromatic heterocycles. The van der Waals surface area contributed by atoms with Crippen molar-refractivity contribution in [3.05, 3.63) is 35.8 Å². The molecule has 0 bridgehead atoms. The van der Waals surface area contributed by atoms with Crippen molar-refractivity contribution in [3.8, 4) is 5.88 Å². The third-order valence-corrected chi connectivity index (χ3v) is 4.48. The number of thiophene rings is 1. The lowest BCUT2D eigenvalue weighted by atomic mass is 10.5. The summed E-state index contributed by atoms with van der Waals surface area (Å²) in [6, 6.07) is 7.58. The van der Waals surface area contributed by atoms with Crippen LogP contribution in [0.3, 0.4) is 0 Å². The number of H-pyrrole nitrogens is 1. The first-order chi connectivity index (χ1) is 9.24. The lowest BCUT2D eigenvalue weighted by molar-refractivity contribution is 0.208. The smallest absolute Gasteiger partial charge is 0.392 e. The number of pyridine rings is 1. The minimum Gasteiger partial charge on any atom is -0.392 e. The summed E-state index contributed by atoms with van der Waals surface area (Å²) in [5.41, 5.74) is 5.99. The van der Waals surface area contributed by atoms with Crippen LogP contribution in [0.25, 0.3) is 10.2 Å². The molecule has 96 valence electrons. The maximum atomic E-state index is 10.9. The van der Waals surface area contributed by atoms with E-state index in [1.165, 1.54) is 11.8 Å². The van der Waals surface area contributed by atoms with Gasteiger partial charge in [0.05, 0.1) is 15.1 Å². The highest BCUT2D eigenvalue weighted by Crippen LogP contribution is 2.42. The summed E-state index contributed by atoms with van der Waals surface area (Å²) >= 11 is 3.00. The number of amides is 1. The second-order valence-electron chi connectivity index (χ2n) is 3.64. The average molecular weight is 291 g/mol. The number of primary amides is 1. The van der Waals surface area contributed by atoms with Crippen molar-refractivity contribution in [2.24, 2.45) is 5.73 Å². The van der Waals surface area contributed by atoms with Gasteiger partial charge in [-0.25, -0.2) is 9.78 Å². The maximum Gasteiger partial charge on any atom is 0.411 e. The number of hydrogen-bond acceptors (Lipinski definition) is 5. The van der Waals surface area contributed by atoms with E-state index in [2.05, 4.69) is 9.97 Å². The summed E-state index contributed by atoms with van der Waals surface area (Å²) in [5, 5.41) is 2.80. The topological polar surface area (TPSA) is 81.0 Å². The lowest BCUT2D eigenvalue weighted by Gasteiger charge is -2.02. The Labute approximate surface area is 116 Å². The number of nitrogens with two attached hydrogens (primary N) is 1. The van der Waals surface area contributed by atoms with Gasteiger partial charge in [-0.1, -0.05) is 17.8 Å². The van der Waals surface area contributed by atoms with Gasteiger partial charge in [-0.3, -0.25) is 0 Å². The largest absolute Gasteiger partial charge is 0.411 e. The first-order valence-corrected chi connectivity index (χ1v) is 7.09. The van der Waals surface area contributed by atoms with Crippen molar-refractivity contribution in [1.82, 2.24) is 9.97 Å². The normalized spacial score (nSPS) is 10.7. The number of nitrogens with one attached hydrogen (secondary N) is 1. The van der Waals surface area contributed by atoms with Crippen LogP contribution in [0, 0.1) is 0 Å². The molecule has 3 heterocycles. The summed E-state index contributed by atoms with van der Waals surface area (Å²) in [6.07, 6.45) is 0.881. The highest BCUT2D eigenvalue weighted by atomic mass is 32.2. The van der Waals surface area contributed by atoms with Crippen LogP contribution in [0.5, 0.6) is 5.88 Å². The SMILES string of the molecule is NC(=O)Oc1[nH]c2ccsc2c1Sc1ccccn1. The maximum absolute atomic E-state index is 10.9. The molecular formula is C12H9N3O2S2. The zero-order chi connectivity index (χ0) is 13.2. The van der Waals surface area contributed by atoms with Gasteiger partial charge in [-0.05, 0) is 23.6 Å². The monoisotopic (exact) mass is 291 g/mol. The van der Waals surface area contributed by atoms with Crippen molar-refractivity contribution in [2.75, 3.05) is 0 Å². The Hall–Kier alpha value is -1.99.